The fourth-order valence-electron chi connectivity index (χ4n) is 2.08. The standard InChI is InChI=1S/C15H28N2S/c1-6-8-16-14(9-11(3)7-2)10-15-17-12(4)13(5)18-15/h11,14,16H,6-10H2,1-5H3. The van der Waals surface area contributed by atoms with Crippen molar-refractivity contribution in [2.45, 2.75) is 66.3 Å². The molecule has 104 valence electrons. The van der Waals surface area contributed by atoms with Gasteiger partial charge in [0, 0.05) is 17.3 Å². The minimum atomic E-state index is 0.588. The average molecular weight is 268 g/mol. The first kappa shape index (κ1) is 15.6. The average Bonchev–Trinajstić information content (AvgIpc) is 2.65. The zero-order valence-electron chi connectivity index (χ0n) is 12.5. The van der Waals surface area contributed by atoms with Gasteiger partial charge in [-0.15, -0.1) is 11.3 Å². The van der Waals surface area contributed by atoms with E-state index in [0.29, 0.717) is 6.04 Å². The number of hydrogen-bond acceptors (Lipinski definition) is 3. The molecule has 1 aromatic heterocycles. The van der Waals surface area contributed by atoms with Crippen LogP contribution in [-0.2, 0) is 6.42 Å². The van der Waals surface area contributed by atoms with E-state index in [4.69, 9.17) is 0 Å². The van der Waals surface area contributed by atoms with Crippen LogP contribution in [0.2, 0.25) is 0 Å². The summed E-state index contributed by atoms with van der Waals surface area (Å²) < 4.78 is 0. The van der Waals surface area contributed by atoms with Gasteiger partial charge in [-0.1, -0.05) is 27.2 Å². The summed E-state index contributed by atoms with van der Waals surface area (Å²) in [4.78, 5) is 6.03. The van der Waals surface area contributed by atoms with Gasteiger partial charge in [-0.05, 0) is 39.2 Å². The highest BCUT2D eigenvalue weighted by molar-refractivity contribution is 7.11. The topological polar surface area (TPSA) is 24.9 Å². The molecule has 0 radical (unpaired) electrons. The highest BCUT2D eigenvalue weighted by Gasteiger charge is 2.15. The zero-order valence-corrected chi connectivity index (χ0v) is 13.4. The van der Waals surface area contributed by atoms with Gasteiger partial charge in [0.05, 0.1) is 10.7 Å². The second kappa shape index (κ2) is 7.90. The van der Waals surface area contributed by atoms with Crippen molar-refractivity contribution >= 4 is 11.3 Å². The molecule has 2 nitrogen and oxygen atoms in total. The third-order valence-electron chi connectivity index (χ3n) is 3.56. The van der Waals surface area contributed by atoms with Crippen LogP contribution in [0.4, 0.5) is 0 Å². The molecular weight excluding hydrogens is 240 g/mol. The van der Waals surface area contributed by atoms with Gasteiger partial charge in [-0.3, -0.25) is 0 Å². The van der Waals surface area contributed by atoms with Crippen LogP contribution in [0.5, 0.6) is 0 Å². The molecule has 0 saturated heterocycles. The predicted molar refractivity (Wildman–Crippen MR) is 81.4 cm³/mol. The van der Waals surface area contributed by atoms with Crippen LogP contribution >= 0.6 is 11.3 Å². The van der Waals surface area contributed by atoms with Crippen LogP contribution in [0.1, 0.15) is 55.6 Å². The van der Waals surface area contributed by atoms with E-state index in [1.165, 1.54) is 34.8 Å². The minimum absolute atomic E-state index is 0.588. The lowest BCUT2D eigenvalue weighted by Gasteiger charge is -2.20. The monoisotopic (exact) mass is 268 g/mol. The number of rotatable bonds is 8. The van der Waals surface area contributed by atoms with E-state index in [1.807, 2.05) is 11.3 Å². The summed E-state index contributed by atoms with van der Waals surface area (Å²) in [5.41, 5.74) is 1.20. The Labute approximate surface area is 116 Å². The summed E-state index contributed by atoms with van der Waals surface area (Å²) in [7, 11) is 0. The SMILES string of the molecule is CCCNC(Cc1nc(C)c(C)s1)CC(C)CC. The summed E-state index contributed by atoms with van der Waals surface area (Å²) in [6.07, 6.45) is 4.81. The maximum atomic E-state index is 4.67. The van der Waals surface area contributed by atoms with E-state index >= 15 is 0 Å². The highest BCUT2D eigenvalue weighted by Crippen LogP contribution is 2.20. The summed E-state index contributed by atoms with van der Waals surface area (Å²) in [5.74, 6) is 0.793. The Morgan fingerprint density at radius 1 is 1.28 bits per heavy atom. The first-order valence-corrected chi connectivity index (χ1v) is 8.04. The van der Waals surface area contributed by atoms with E-state index in [-0.39, 0.29) is 0 Å². The van der Waals surface area contributed by atoms with Gasteiger partial charge in [-0.2, -0.15) is 0 Å². The molecule has 0 bridgehead atoms. The van der Waals surface area contributed by atoms with E-state index < -0.39 is 0 Å². The normalized spacial score (nSPS) is 14.7. The predicted octanol–water partition coefficient (Wildman–Crippen LogP) is 4.11. The smallest absolute Gasteiger partial charge is 0.0946 e. The molecule has 0 aliphatic rings. The van der Waals surface area contributed by atoms with Crippen molar-refractivity contribution in [3.8, 4) is 0 Å². The Kier molecular flexibility index (Phi) is 6.87. The molecule has 0 fully saturated rings. The Balaban J connectivity index is 2.59. The first-order valence-electron chi connectivity index (χ1n) is 7.23. The van der Waals surface area contributed by atoms with Gasteiger partial charge < -0.3 is 5.32 Å². The van der Waals surface area contributed by atoms with Crippen LogP contribution in [-0.4, -0.2) is 17.6 Å². The second-order valence-corrected chi connectivity index (χ2v) is 6.64. The zero-order chi connectivity index (χ0) is 13.5. The Morgan fingerprint density at radius 3 is 2.50 bits per heavy atom. The lowest BCUT2D eigenvalue weighted by molar-refractivity contribution is 0.391. The molecule has 3 heteroatoms. The molecule has 0 spiro atoms. The van der Waals surface area contributed by atoms with Crippen molar-refractivity contribution in [3.63, 3.8) is 0 Å². The van der Waals surface area contributed by atoms with E-state index in [2.05, 4.69) is 44.9 Å². The maximum absolute atomic E-state index is 4.67. The van der Waals surface area contributed by atoms with Crippen molar-refractivity contribution in [1.29, 1.82) is 0 Å². The van der Waals surface area contributed by atoms with Gasteiger partial charge >= 0.3 is 0 Å². The lowest BCUT2D eigenvalue weighted by Crippen LogP contribution is -2.33. The van der Waals surface area contributed by atoms with Crippen molar-refractivity contribution in [2.75, 3.05) is 6.54 Å². The molecule has 1 heterocycles. The van der Waals surface area contributed by atoms with Crippen LogP contribution in [0.3, 0.4) is 0 Å². The van der Waals surface area contributed by atoms with Crippen molar-refractivity contribution in [3.05, 3.63) is 15.6 Å². The van der Waals surface area contributed by atoms with Crippen LogP contribution in [0.15, 0.2) is 0 Å². The number of hydrogen-bond donors (Lipinski definition) is 1. The van der Waals surface area contributed by atoms with Crippen molar-refractivity contribution in [1.82, 2.24) is 10.3 Å². The third-order valence-corrected chi connectivity index (χ3v) is 4.66. The molecule has 2 unspecified atom stereocenters. The first-order chi connectivity index (χ1) is 8.56. The van der Waals surface area contributed by atoms with Gasteiger partial charge in [0.1, 0.15) is 0 Å². The third kappa shape index (κ3) is 5.07. The molecule has 0 aliphatic carbocycles. The number of aromatic nitrogens is 1. The van der Waals surface area contributed by atoms with Crippen molar-refractivity contribution in [2.24, 2.45) is 5.92 Å². The quantitative estimate of drug-likeness (QED) is 0.767. The number of nitrogens with one attached hydrogen (secondary N) is 1. The van der Waals surface area contributed by atoms with Gasteiger partial charge in [0.15, 0.2) is 0 Å². The summed E-state index contributed by atoms with van der Waals surface area (Å²) in [5, 5.41) is 4.97. The van der Waals surface area contributed by atoms with Crippen molar-refractivity contribution < 1.29 is 0 Å². The summed E-state index contributed by atoms with van der Waals surface area (Å²) in [6.45, 7) is 12.2. The molecule has 1 N–H and O–H groups in total. The number of thiazole rings is 1. The highest BCUT2D eigenvalue weighted by atomic mass is 32.1. The maximum Gasteiger partial charge on any atom is 0.0946 e. The summed E-state index contributed by atoms with van der Waals surface area (Å²) >= 11 is 1.86. The molecule has 2 atom stereocenters. The van der Waals surface area contributed by atoms with Gasteiger partial charge in [0.2, 0.25) is 0 Å². The lowest BCUT2D eigenvalue weighted by atomic mass is 9.97. The Bertz CT molecular complexity index is 327. The second-order valence-electron chi connectivity index (χ2n) is 5.35. The molecule has 0 saturated carbocycles. The van der Waals surface area contributed by atoms with Gasteiger partial charge in [-0.25, -0.2) is 4.98 Å². The minimum Gasteiger partial charge on any atom is -0.314 e. The van der Waals surface area contributed by atoms with E-state index in [9.17, 15) is 0 Å². The molecule has 1 aromatic rings. The van der Waals surface area contributed by atoms with Gasteiger partial charge in [0.25, 0.3) is 0 Å². The fraction of sp³-hybridized carbons (Fsp3) is 0.800. The molecule has 0 amide bonds. The van der Waals surface area contributed by atoms with E-state index in [1.54, 1.807) is 0 Å². The van der Waals surface area contributed by atoms with E-state index in [0.717, 1.165) is 18.9 Å². The van der Waals surface area contributed by atoms with Crippen LogP contribution in [0, 0.1) is 19.8 Å². The Morgan fingerprint density at radius 2 is 2.00 bits per heavy atom. The van der Waals surface area contributed by atoms with Crippen LogP contribution in [0.25, 0.3) is 0 Å². The van der Waals surface area contributed by atoms with Crippen LogP contribution < -0.4 is 5.32 Å². The Hall–Kier alpha value is -0.410. The molecule has 0 aliphatic heterocycles. The number of nitrogens with zero attached hydrogens (tertiary/aromatic N) is 1. The molecule has 1 rings (SSSR count). The molecule has 0 aromatic carbocycles. The largest absolute Gasteiger partial charge is 0.314 e. The molecule has 18 heavy (non-hydrogen) atoms. The fourth-order valence-corrected chi connectivity index (χ4v) is 3.09. The summed E-state index contributed by atoms with van der Waals surface area (Å²) in [6, 6.07) is 0.588. The molecular formula is C15H28N2S. The number of aryl methyl sites for hydroxylation is 2.